The Kier molecular flexibility index (Phi) is 6.01. The number of nitrogens with one attached hydrogen (secondary N) is 2. The molecule has 1 aromatic heterocycles. The summed E-state index contributed by atoms with van der Waals surface area (Å²) in [5.74, 6) is 0.609. The predicted molar refractivity (Wildman–Crippen MR) is 118 cm³/mol. The van der Waals surface area contributed by atoms with Gasteiger partial charge >= 0.3 is 0 Å². The topological polar surface area (TPSA) is 54.0 Å². The molecule has 0 unspecified atom stereocenters. The monoisotopic (exact) mass is 385 g/mol. The van der Waals surface area contributed by atoms with Crippen LogP contribution >= 0.6 is 0 Å². The highest BCUT2D eigenvalue weighted by molar-refractivity contribution is 6.05. The van der Waals surface area contributed by atoms with Crippen molar-refractivity contribution in [1.29, 1.82) is 0 Å². The van der Waals surface area contributed by atoms with E-state index in [0.717, 1.165) is 53.0 Å². The minimum absolute atomic E-state index is 0.0365. The van der Waals surface area contributed by atoms with Gasteiger partial charge in [0, 0.05) is 23.6 Å². The molecule has 0 atom stereocenters. The highest BCUT2D eigenvalue weighted by Crippen LogP contribution is 2.26. The molecular formula is C25H27N3O. The van der Waals surface area contributed by atoms with Crippen LogP contribution < -0.4 is 10.6 Å². The van der Waals surface area contributed by atoms with Crippen molar-refractivity contribution in [2.75, 3.05) is 18.4 Å². The van der Waals surface area contributed by atoms with Gasteiger partial charge in [-0.1, -0.05) is 24.3 Å². The largest absolute Gasteiger partial charge is 0.322 e. The highest BCUT2D eigenvalue weighted by Gasteiger charge is 2.18. The van der Waals surface area contributed by atoms with Gasteiger partial charge in [0.1, 0.15) is 0 Å². The Morgan fingerprint density at radius 3 is 2.59 bits per heavy atom. The number of rotatable bonds is 5. The van der Waals surface area contributed by atoms with Crippen molar-refractivity contribution in [1.82, 2.24) is 10.3 Å². The van der Waals surface area contributed by atoms with Crippen LogP contribution in [0, 0.1) is 12.8 Å². The number of carbonyl (C=O) groups is 1. The maximum atomic E-state index is 13.0. The second-order valence-electron chi connectivity index (χ2n) is 7.77. The van der Waals surface area contributed by atoms with Crippen molar-refractivity contribution < 1.29 is 4.79 Å². The van der Waals surface area contributed by atoms with Crippen LogP contribution in [-0.4, -0.2) is 24.0 Å². The number of anilines is 1. The van der Waals surface area contributed by atoms with Crippen LogP contribution in [0.5, 0.6) is 0 Å². The third kappa shape index (κ3) is 4.72. The fourth-order valence-corrected chi connectivity index (χ4v) is 4.11. The van der Waals surface area contributed by atoms with Crippen LogP contribution in [0.4, 0.5) is 5.69 Å². The van der Waals surface area contributed by atoms with Gasteiger partial charge in [-0.15, -0.1) is 0 Å². The molecule has 0 bridgehead atoms. The molecule has 148 valence electrons. The molecule has 4 heteroatoms. The fourth-order valence-electron chi connectivity index (χ4n) is 4.11. The summed E-state index contributed by atoms with van der Waals surface area (Å²) in [4.78, 5) is 17.1. The Morgan fingerprint density at radius 2 is 1.83 bits per heavy atom. The second-order valence-corrected chi connectivity index (χ2v) is 7.77. The molecule has 4 nitrogen and oxygen atoms in total. The Hall–Kier alpha value is -2.98. The zero-order valence-electron chi connectivity index (χ0n) is 16.8. The number of amides is 1. The quantitative estimate of drug-likeness (QED) is 0.660. The van der Waals surface area contributed by atoms with Gasteiger partial charge < -0.3 is 10.6 Å². The van der Waals surface area contributed by atoms with Crippen LogP contribution in [0.2, 0.25) is 0 Å². The highest BCUT2D eigenvalue weighted by atomic mass is 16.1. The normalized spacial score (nSPS) is 14.5. The van der Waals surface area contributed by atoms with Crippen molar-refractivity contribution in [2.45, 2.75) is 26.2 Å². The van der Waals surface area contributed by atoms with E-state index < -0.39 is 0 Å². The standard InChI is InChI=1S/C25H27N3O/c1-18-16-22(6-7-23(18)20-10-14-27-15-11-20)28-25(29)24-5-3-2-4-21(24)17-19-8-12-26-13-9-19/h2-7,10-11,14-16,19,26H,8-9,12-13,17H2,1H3,(H,28,29). The minimum Gasteiger partial charge on any atom is -0.322 e. The van der Waals surface area contributed by atoms with E-state index in [0.29, 0.717) is 5.92 Å². The Morgan fingerprint density at radius 1 is 1.07 bits per heavy atom. The number of benzene rings is 2. The summed E-state index contributed by atoms with van der Waals surface area (Å²) in [6, 6.07) is 18.0. The second kappa shape index (κ2) is 9.01. The molecule has 0 spiro atoms. The van der Waals surface area contributed by atoms with Gasteiger partial charge in [0.2, 0.25) is 0 Å². The number of carbonyl (C=O) groups excluding carboxylic acids is 1. The molecule has 0 radical (unpaired) electrons. The number of hydrogen-bond donors (Lipinski definition) is 2. The van der Waals surface area contributed by atoms with E-state index in [2.05, 4.69) is 34.7 Å². The average Bonchev–Trinajstić information content (AvgIpc) is 2.75. The van der Waals surface area contributed by atoms with Crippen molar-refractivity contribution >= 4 is 11.6 Å². The molecule has 1 amide bonds. The number of hydrogen-bond acceptors (Lipinski definition) is 3. The van der Waals surface area contributed by atoms with E-state index >= 15 is 0 Å². The molecule has 1 fully saturated rings. The molecular weight excluding hydrogens is 358 g/mol. The van der Waals surface area contributed by atoms with Gasteiger partial charge in [0.05, 0.1) is 0 Å². The van der Waals surface area contributed by atoms with Crippen LogP contribution in [0.15, 0.2) is 67.0 Å². The maximum Gasteiger partial charge on any atom is 0.255 e. The first-order chi connectivity index (χ1) is 14.2. The zero-order chi connectivity index (χ0) is 20.1. The molecule has 1 saturated heterocycles. The van der Waals surface area contributed by atoms with E-state index in [1.165, 1.54) is 12.8 Å². The molecule has 2 N–H and O–H groups in total. The van der Waals surface area contributed by atoms with E-state index in [1.54, 1.807) is 12.4 Å². The van der Waals surface area contributed by atoms with Crippen LogP contribution in [-0.2, 0) is 6.42 Å². The Bertz CT molecular complexity index is 978. The molecule has 0 aliphatic carbocycles. The first-order valence-electron chi connectivity index (χ1n) is 10.3. The van der Waals surface area contributed by atoms with Gasteiger partial charge in [-0.05, 0) is 97.8 Å². The first-order valence-corrected chi connectivity index (χ1v) is 10.3. The zero-order valence-corrected chi connectivity index (χ0v) is 16.8. The lowest BCUT2D eigenvalue weighted by Crippen LogP contribution is -2.29. The number of nitrogens with zero attached hydrogens (tertiary/aromatic N) is 1. The van der Waals surface area contributed by atoms with Crippen molar-refractivity contribution in [3.63, 3.8) is 0 Å². The van der Waals surface area contributed by atoms with Gasteiger partial charge in [-0.3, -0.25) is 9.78 Å². The Balaban J connectivity index is 1.50. The van der Waals surface area contributed by atoms with Crippen molar-refractivity contribution in [3.8, 4) is 11.1 Å². The summed E-state index contributed by atoms with van der Waals surface area (Å²) in [6.07, 6.45) is 6.90. The Labute approximate surface area is 172 Å². The third-order valence-corrected chi connectivity index (χ3v) is 5.70. The molecule has 2 heterocycles. The number of aryl methyl sites for hydroxylation is 1. The van der Waals surface area contributed by atoms with E-state index in [1.807, 2.05) is 42.5 Å². The SMILES string of the molecule is Cc1cc(NC(=O)c2ccccc2CC2CCNCC2)ccc1-c1ccncc1. The van der Waals surface area contributed by atoms with E-state index in [9.17, 15) is 4.79 Å². The smallest absolute Gasteiger partial charge is 0.255 e. The predicted octanol–water partition coefficient (Wildman–Crippen LogP) is 4.85. The van der Waals surface area contributed by atoms with Crippen LogP contribution in [0.3, 0.4) is 0 Å². The number of pyridine rings is 1. The molecule has 3 aromatic rings. The lowest BCUT2D eigenvalue weighted by molar-refractivity contribution is 0.102. The molecule has 2 aromatic carbocycles. The maximum absolute atomic E-state index is 13.0. The summed E-state index contributed by atoms with van der Waals surface area (Å²) in [6.45, 7) is 4.21. The summed E-state index contributed by atoms with van der Waals surface area (Å²) in [5, 5.41) is 6.50. The fraction of sp³-hybridized carbons (Fsp3) is 0.280. The van der Waals surface area contributed by atoms with E-state index in [-0.39, 0.29) is 5.91 Å². The van der Waals surface area contributed by atoms with Crippen LogP contribution in [0.25, 0.3) is 11.1 Å². The molecule has 4 rings (SSSR count). The first kappa shape index (κ1) is 19.3. The summed E-state index contributed by atoms with van der Waals surface area (Å²) in [5.41, 5.74) is 6.14. The summed E-state index contributed by atoms with van der Waals surface area (Å²) in [7, 11) is 0. The van der Waals surface area contributed by atoms with Crippen molar-refractivity contribution in [3.05, 3.63) is 83.7 Å². The summed E-state index contributed by atoms with van der Waals surface area (Å²) < 4.78 is 0. The third-order valence-electron chi connectivity index (χ3n) is 5.70. The van der Waals surface area contributed by atoms with Crippen molar-refractivity contribution in [2.24, 2.45) is 5.92 Å². The lowest BCUT2D eigenvalue weighted by atomic mass is 9.89. The van der Waals surface area contributed by atoms with Gasteiger partial charge in [0.25, 0.3) is 5.91 Å². The van der Waals surface area contributed by atoms with Gasteiger partial charge in [-0.2, -0.15) is 0 Å². The van der Waals surface area contributed by atoms with Gasteiger partial charge in [-0.25, -0.2) is 0 Å². The number of piperidine rings is 1. The summed E-state index contributed by atoms with van der Waals surface area (Å²) >= 11 is 0. The minimum atomic E-state index is -0.0365. The molecule has 0 saturated carbocycles. The van der Waals surface area contributed by atoms with Gasteiger partial charge in [0.15, 0.2) is 0 Å². The average molecular weight is 386 g/mol. The molecule has 1 aliphatic heterocycles. The molecule has 29 heavy (non-hydrogen) atoms. The molecule has 1 aliphatic rings. The van der Waals surface area contributed by atoms with E-state index in [4.69, 9.17) is 0 Å². The van der Waals surface area contributed by atoms with Crippen LogP contribution in [0.1, 0.15) is 34.3 Å². The number of aromatic nitrogens is 1. The lowest BCUT2D eigenvalue weighted by Gasteiger charge is -2.23.